The third-order valence-corrected chi connectivity index (χ3v) is 6.53. The molecule has 184 valence electrons. The Balaban J connectivity index is 2.00. The molecule has 1 N–H and O–H groups in total. The molecule has 2 amide bonds. The minimum atomic E-state index is -0.805. The van der Waals surface area contributed by atoms with Crippen LogP contribution in [0.15, 0.2) is 72.8 Å². The monoisotopic (exact) mass is 514 g/mol. The third-order valence-electron chi connectivity index (χ3n) is 5.93. The second-order valence-corrected chi connectivity index (χ2v) is 9.39. The Morgan fingerprint density at radius 3 is 2.26 bits per heavy atom. The average Bonchev–Trinajstić information content (AvgIpc) is 2.85. The molecule has 2 atom stereocenters. The van der Waals surface area contributed by atoms with Crippen LogP contribution in [0.2, 0.25) is 10.0 Å². The molecule has 3 aromatic rings. The molecular formula is C28H29Cl2FN2O2. The van der Waals surface area contributed by atoms with E-state index in [0.717, 1.165) is 17.5 Å². The lowest BCUT2D eigenvalue weighted by atomic mass is 10.0. The van der Waals surface area contributed by atoms with Crippen molar-refractivity contribution in [1.29, 1.82) is 0 Å². The zero-order valence-corrected chi connectivity index (χ0v) is 21.3. The van der Waals surface area contributed by atoms with Crippen LogP contribution >= 0.6 is 23.2 Å². The number of benzene rings is 3. The minimum absolute atomic E-state index is 0.0609. The maximum Gasteiger partial charge on any atom is 0.243 e. The van der Waals surface area contributed by atoms with Crippen LogP contribution < -0.4 is 5.32 Å². The van der Waals surface area contributed by atoms with Gasteiger partial charge in [0.15, 0.2) is 0 Å². The van der Waals surface area contributed by atoms with Crippen LogP contribution in [0.1, 0.15) is 37.0 Å². The Bertz CT molecular complexity index is 1120. The Labute approximate surface area is 216 Å². The highest BCUT2D eigenvalue weighted by Crippen LogP contribution is 2.23. The summed E-state index contributed by atoms with van der Waals surface area (Å²) in [5.74, 6) is -1.21. The van der Waals surface area contributed by atoms with Gasteiger partial charge in [-0.2, -0.15) is 0 Å². The summed E-state index contributed by atoms with van der Waals surface area (Å²) in [5, 5.41) is 3.76. The molecule has 0 spiro atoms. The predicted octanol–water partition coefficient (Wildman–Crippen LogP) is 6.23. The summed E-state index contributed by atoms with van der Waals surface area (Å²) in [6.45, 7) is 4.06. The van der Waals surface area contributed by atoms with E-state index >= 15 is 0 Å². The van der Waals surface area contributed by atoms with Crippen LogP contribution in [-0.4, -0.2) is 28.8 Å². The zero-order valence-electron chi connectivity index (χ0n) is 19.8. The van der Waals surface area contributed by atoms with E-state index in [1.807, 2.05) is 56.3 Å². The van der Waals surface area contributed by atoms with Crippen molar-refractivity contribution in [3.8, 4) is 0 Å². The summed E-state index contributed by atoms with van der Waals surface area (Å²) < 4.78 is 14.5. The first-order valence-corrected chi connectivity index (χ1v) is 12.3. The van der Waals surface area contributed by atoms with E-state index in [1.54, 1.807) is 18.2 Å². The van der Waals surface area contributed by atoms with Crippen molar-refractivity contribution in [3.05, 3.63) is 105 Å². The van der Waals surface area contributed by atoms with Crippen molar-refractivity contribution in [3.63, 3.8) is 0 Å². The molecule has 3 rings (SSSR count). The maximum absolute atomic E-state index is 14.5. The first-order chi connectivity index (χ1) is 16.8. The number of amides is 2. The quantitative estimate of drug-likeness (QED) is 0.348. The van der Waals surface area contributed by atoms with Crippen molar-refractivity contribution < 1.29 is 14.0 Å². The normalized spacial score (nSPS) is 12.6. The number of rotatable bonds is 10. The lowest BCUT2D eigenvalue weighted by Gasteiger charge is -2.32. The fourth-order valence-corrected chi connectivity index (χ4v) is 4.09. The molecule has 0 saturated carbocycles. The summed E-state index contributed by atoms with van der Waals surface area (Å²) in [4.78, 5) is 28.7. The molecule has 0 bridgehead atoms. The van der Waals surface area contributed by atoms with Crippen LogP contribution in [0.25, 0.3) is 0 Å². The van der Waals surface area contributed by atoms with Gasteiger partial charge in [0.05, 0.1) is 6.42 Å². The summed E-state index contributed by atoms with van der Waals surface area (Å²) in [5.41, 5.74) is 1.83. The molecule has 0 aromatic heterocycles. The van der Waals surface area contributed by atoms with Crippen LogP contribution in [0.5, 0.6) is 0 Å². The number of carbonyl (C=O) groups is 2. The SMILES string of the molecule is CCC(C)NC(=O)C(Cc1ccccc1)N(Cc1ccc(Cl)cc1)C(=O)Cc1c(F)cccc1Cl. The molecule has 0 aliphatic carbocycles. The number of halogens is 3. The Hall–Kier alpha value is -2.89. The molecule has 3 aromatic carbocycles. The van der Waals surface area contributed by atoms with Crippen LogP contribution in [0, 0.1) is 5.82 Å². The van der Waals surface area contributed by atoms with E-state index in [9.17, 15) is 14.0 Å². The second-order valence-electron chi connectivity index (χ2n) is 8.55. The van der Waals surface area contributed by atoms with Gasteiger partial charge in [-0.1, -0.05) is 78.7 Å². The molecule has 0 saturated heterocycles. The van der Waals surface area contributed by atoms with E-state index in [4.69, 9.17) is 23.2 Å². The van der Waals surface area contributed by atoms with Crippen LogP contribution in [-0.2, 0) is 29.0 Å². The topological polar surface area (TPSA) is 49.4 Å². The van der Waals surface area contributed by atoms with Crippen molar-refractivity contribution in [2.75, 3.05) is 0 Å². The molecule has 0 heterocycles. The van der Waals surface area contributed by atoms with Gasteiger partial charge in [0, 0.05) is 34.6 Å². The molecule has 0 aliphatic heterocycles. The number of hydrogen-bond donors (Lipinski definition) is 1. The van der Waals surface area contributed by atoms with Gasteiger partial charge in [-0.25, -0.2) is 4.39 Å². The van der Waals surface area contributed by atoms with Gasteiger partial charge in [-0.05, 0) is 48.7 Å². The summed E-state index contributed by atoms with van der Waals surface area (Å²) in [6.07, 6.45) is 0.800. The van der Waals surface area contributed by atoms with Gasteiger partial charge in [0.1, 0.15) is 11.9 Å². The standard InChI is InChI=1S/C28H29Cl2FN2O2/c1-3-19(2)32-28(35)26(16-20-8-5-4-6-9-20)33(18-21-12-14-22(29)15-13-21)27(34)17-23-24(30)10-7-11-25(23)31/h4-15,19,26H,3,16-18H2,1-2H3,(H,32,35). The molecular weight excluding hydrogens is 486 g/mol. The highest BCUT2D eigenvalue weighted by Gasteiger charge is 2.31. The van der Waals surface area contributed by atoms with Gasteiger partial charge in [-0.3, -0.25) is 9.59 Å². The fourth-order valence-electron chi connectivity index (χ4n) is 3.74. The number of carbonyl (C=O) groups excluding carboxylic acids is 2. The second kappa shape index (κ2) is 12.7. The predicted molar refractivity (Wildman–Crippen MR) is 139 cm³/mol. The largest absolute Gasteiger partial charge is 0.352 e. The average molecular weight is 515 g/mol. The van der Waals surface area contributed by atoms with Gasteiger partial charge < -0.3 is 10.2 Å². The van der Waals surface area contributed by atoms with Crippen LogP contribution in [0.3, 0.4) is 0 Å². The molecule has 35 heavy (non-hydrogen) atoms. The van der Waals surface area contributed by atoms with E-state index < -0.39 is 17.8 Å². The van der Waals surface area contributed by atoms with E-state index in [0.29, 0.717) is 11.4 Å². The molecule has 0 aliphatic rings. The van der Waals surface area contributed by atoms with Crippen LogP contribution in [0.4, 0.5) is 4.39 Å². The van der Waals surface area contributed by atoms with Gasteiger partial charge >= 0.3 is 0 Å². The fraction of sp³-hybridized carbons (Fsp3) is 0.286. The highest BCUT2D eigenvalue weighted by molar-refractivity contribution is 6.31. The summed E-state index contributed by atoms with van der Waals surface area (Å²) in [7, 11) is 0. The Morgan fingerprint density at radius 2 is 1.63 bits per heavy atom. The van der Waals surface area contributed by atoms with Crippen molar-refractivity contribution in [2.45, 2.75) is 51.7 Å². The maximum atomic E-state index is 14.5. The van der Waals surface area contributed by atoms with Crippen molar-refractivity contribution in [1.82, 2.24) is 10.2 Å². The number of nitrogens with one attached hydrogen (secondary N) is 1. The smallest absolute Gasteiger partial charge is 0.243 e. The van der Waals surface area contributed by atoms with Gasteiger partial charge in [-0.15, -0.1) is 0 Å². The molecule has 0 radical (unpaired) electrons. The zero-order chi connectivity index (χ0) is 25.4. The molecule has 4 nitrogen and oxygen atoms in total. The number of nitrogens with zero attached hydrogens (tertiary/aromatic N) is 1. The van der Waals surface area contributed by atoms with E-state index in [-0.39, 0.29) is 35.5 Å². The highest BCUT2D eigenvalue weighted by atomic mass is 35.5. The lowest BCUT2D eigenvalue weighted by Crippen LogP contribution is -2.52. The van der Waals surface area contributed by atoms with Gasteiger partial charge in [0.2, 0.25) is 11.8 Å². The minimum Gasteiger partial charge on any atom is -0.352 e. The summed E-state index contributed by atoms with van der Waals surface area (Å²) in [6, 6.07) is 20.1. The van der Waals surface area contributed by atoms with Gasteiger partial charge in [0.25, 0.3) is 0 Å². The van der Waals surface area contributed by atoms with E-state index in [1.165, 1.54) is 17.0 Å². The molecule has 2 unspecified atom stereocenters. The molecule has 0 fully saturated rings. The lowest BCUT2D eigenvalue weighted by molar-refractivity contribution is -0.141. The Morgan fingerprint density at radius 1 is 0.943 bits per heavy atom. The number of hydrogen-bond acceptors (Lipinski definition) is 2. The Kier molecular flexibility index (Phi) is 9.70. The van der Waals surface area contributed by atoms with Crippen molar-refractivity contribution in [2.24, 2.45) is 0 Å². The third kappa shape index (κ3) is 7.55. The van der Waals surface area contributed by atoms with E-state index in [2.05, 4.69) is 5.32 Å². The first kappa shape index (κ1) is 26.7. The molecule has 7 heteroatoms. The first-order valence-electron chi connectivity index (χ1n) is 11.6. The van der Waals surface area contributed by atoms with Crippen molar-refractivity contribution >= 4 is 35.0 Å². The summed E-state index contributed by atoms with van der Waals surface area (Å²) >= 11 is 12.3.